The van der Waals surface area contributed by atoms with Crippen molar-refractivity contribution in [1.82, 2.24) is 0 Å². The lowest BCUT2D eigenvalue weighted by molar-refractivity contribution is 0.484. The molecule has 0 spiro atoms. The number of para-hydroxylation sites is 8. The fraction of sp³-hybridized carbons (Fsp3) is 0. The normalized spacial score (nSPS) is 10.4. The fourth-order valence-corrected chi connectivity index (χ4v) is 3.54. The summed E-state index contributed by atoms with van der Waals surface area (Å²) in [5.74, 6) is 3.07. The summed E-state index contributed by atoms with van der Waals surface area (Å²) in [4.78, 5) is 0. The van der Waals surface area contributed by atoms with Crippen LogP contribution >= 0.6 is 0 Å². The smallest absolute Gasteiger partial charge is 0.150 e. The van der Waals surface area contributed by atoms with Crippen LogP contribution in [0, 0.1) is 0 Å². The van der Waals surface area contributed by atoms with Gasteiger partial charge in [0.25, 0.3) is 0 Å². The Morgan fingerprint density at radius 3 is 1.06 bits per heavy atom. The molecular formula is C30H24N2O2. The number of benzene rings is 5. The molecule has 166 valence electrons. The van der Waals surface area contributed by atoms with E-state index in [0.29, 0.717) is 0 Å². The molecule has 0 aliphatic heterocycles. The molecule has 0 fully saturated rings. The van der Waals surface area contributed by atoms with Crippen molar-refractivity contribution in [3.05, 3.63) is 133 Å². The Kier molecular flexibility index (Phi) is 6.40. The molecule has 0 aliphatic rings. The van der Waals surface area contributed by atoms with Crippen molar-refractivity contribution in [2.75, 3.05) is 10.6 Å². The minimum absolute atomic E-state index is 0.747. The Labute approximate surface area is 199 Å². The molecule has 0 saturated heterocycles. The van der Waals surface area contributed by atoms with E-state index in [4.69, 9.17) is 9.47 Å². The van der Waals surface area contributed by atoms with Crippen molar-refractivity contribution in [3.63, 3.8) is 0 Å². The van der Waals surface area contributed by atoms with Gasteiger partial charge in [-0.2, -0.15) is 0 Å². The van der Waals surface area contributed by atoms with Gasteiger partial charge in [0.1, 0.15) is 11.5 Å². The molecule has 0 unspecified atom stereocenters. The van der Waals surface area contributed by atoms with Gasteiger partial charge in [-0.1, -0.05) is 72.8 Å². The van der Waals surface area contributed by atoms with Crippen LogP contribution in [0.3, 0.4) is 0 Å². The van der Waals surface area contributed by atoms with E-state index in [1.54, 1.807) is 0 Å². The van der Waals surface area contributed by atoms with Gasteiger partial charge < -0.3 is 20.1 Å². The Morgan fingerprint density at radius 2 is 0.647 bits per heavy atom. The molecule has 2 N–H and O–H groups in total. The van der Waals surface area contributed by atoms with Gasteiger partial charge >= 0.3 is 0 Å². The molecule has 34 heavy (non-hydrogen) atoms. The van der Waals surface area contributed by atoms with Gasteiger partial charge in [0.15, 0.2) is 11.5 Å². The lowest BCUT2D eigenvalue weighted by atomic mass is 10.2. The summed E-state index contributed by atoms with van der Waals surface area (Å²) in [6.07, 6.45) is 0. The fourth-order valence-electron chi connectivity index (χ4n) is 3.54. The SMILES string of the molecule is c1ccc(Oc2ccccc2Nc2ccccc2Nc2ccccc2Oc2ccccc2)cc1. The van der Waals surface area contributed by atoms with E-state index in [2.05, 4.69) is 10.6 Å². The molecule has 0 amide bonds. The molecular weight excluding hydrogens is 420 g/mol. The molecule has 0 atom stereocenters. The second-order valence-corrected chi connectivity index (χ2v) is 7.62. The summed E-state index contributed by atoms with van der Waals surface area (Å²) < 4.78 is 12.2. The lowest BCUT2D eigenvalue weighted by Crippen LogP contribution is -2.00. The van der Waals surface area contributed by atoms with Gasteiger partial charge in [-0.05, 0) is 60.7 Å². The molecule has 0 heterocycles. The molecule has 4 nitrogen and oxygen atoms in total. The topological polar surface area (TPSA) is 42.5 Å². The highest BCUT2D eigenvalue weighted by Crippen LogP contribution is 2.37. The highest BCUT2D eigenvalue weighted by Gasteiger charge is 2.10. The van der Waals surface area contributed by atoms with E-state index in [-0.39, 0.29) is 0 Å². The molecule has 4 heteroatoms. The van der Waals surface area contributed by atoms with Gasteiger partial charge in [-0.3, -0.25) is 0 Å². The van der Waals surface area contributed by atoms with Crippen LogP contribution in [-0.4, -0.2) is 0 Å². The minimum atomic E-state index is 0.747. The first kappa shape index (κ1) is 21.2. The monoisotopic (exact) mass is 444 g/mol. The van der Waals surface area contributed by atoms with Gasteiger partial charge in [0, 0.05) is 0 Å². The number of hydrogen-bond donors (Lipinski definition) is 2. The summed E-state index contributed by atoms with van der Waals surface area (Å²) in [5.41, 5.74) is 3.58. The number of hydrogen-bond acceptors (Lipinski definition) is 4. The highest BCUT2D eigenvalue weighted by atomic mass is 16.5. The zero-order valence-corrected chi connectivity index (χ0v) is 18.5. The van der Waals surface area contributed by atoms with Gasteiger partial charge in [-0.25, -0.2) is 0 Å². The molecule has 0 aliphatic carbocycles. The summed E-state index contributed by atoms with van der Waals surface area (Å²) in [7, 11) is 0. The van der Waals surface area contributed by atoms with Crippen molar-refractivity contribution in [2.45, 2.75) is 0 Å². The average Bonchev–Trinajstić information content (AvgIpc) is 2.89. The molecule has 5 rings (SSSR count). The maximum absolute atomic E-state index is 6.12. The van der Waals surface area contributed by atoms with Crippen LogP contribution in [0.2, 0.25) is 0 Å². The Hall–Kier alpha value is -4.70. The lowest BCUT2D eigenvalue weighted by Gasteiger charge is -2.18. The van der Waals surface area contributed by atoms with Crippen LogP contribution in [0.5, 0.6) is 23.0 Å². The first-order chi connectivity index (χ1) is 16.8. The van der Waals surface area contributed by atoms with Crippen molar-refractivity contribution in [1.29, 1.82) is 0 Å². The third-order valence-corrected chi connectivity index (χ3v) is 5.18. The van der Waals surface area contributed by atoms with Gasteiger partial charge in [0.05, 0.1) is 22.7 Å². The molecule has 5 aromatic rings. The second kappa shape index (κ2) is 10.3. The van der Waals surface area contributed by atoms with E-state index >= 15 is 0 Å². The second-order valence-electron chi connectivity index (χ2n) is 7.62. The number of anilines is 4. The van der Waals surface area contributed by atoms with Crippen molar-refractivity contribution < 1.29 is 9.47 Å². The summed E-state index contributed by atoms with van der Waals surface area (Å²) in [5, 5.41) is 7.04. The highest BCUT2D eigenvalue weighted by molar-refractivity contribution is 5.81. The molecule has 0 saturated carbocycles. The quantitative estimate of drug-likeness (QED) is 0.251. The minimum Gasteiger partial charge on any atom is -0.455 e. The van der Waals surface area contributed by atoms with Crippen LogP contribution in [0.25, 0.3) is 0 Å². The Balaban J connectivity index is 1.40. The summed E-state index contributed by atoms with van der Waals surface area (Å²) >= 11 is 0. The molecule has 0 bridgehead atoms. The van der Waals surface area contributed by atoms with E-state index in [1.165, 1.54) is 0 Å². The first-order valence-corrected chi connectivity index (χ1v) is 11.1. The molecule has 0 radical (unpaired) electrons. The van der Waals surface area contributed by atoms with E-state index < -0.39 is 0 Å². The Morgan fingerprint density at radius 1 is 0.324 bits per heavy atom. The third-order valence-electron chi connectivity index (χ3n) is 5.18. The van der Waals surface area contributed by atoms with Crippen molar-refractivity contribution in [2.24, 2.45) is 0 Å². The van der Waals surface area contributed by atoms with Crippen LogP contribution in [0.1, 0.15) is 0 Å². The van der Waals surface area contributed by atoms with Crippen LogP contribution < -0.4 is 20.1 Å². The summed E-state index contributed by atoms with van der Waals surface area (Å²) in [6, 6.07) is 43.4. The molecule has 0 aromatic heterocycles. The number of nitrogens with one attached hydrogen (secondary N) is 2. The van der Waals surface area contributed by atoms with Crippen molar-refractivity contribution >= 4 is 22.7 Å². The van der Waals surface area contributed by atoms with Crippen LogP contribution in [0.4, 0.5) is 22.7 Å². The standard InChI is InChI=1S/C30H24N2O2/c1-3-13-23(14-4-1)33-29-21-11-9-19-27(29)31-25-17-7-8-18-26(25)32-28-20-10-12-22-30(28)34-24-15-5-2-6-16-24/h1-22,31-32H. The van der Waals surface area contributed by atoms with E-state index in [9.17, 15) is 0 Å². The van der Waals surface area contributed by atoms with E-state index in [1.807, 2.05) is 133 Å². The van der Waals surface area contributed by atoms with Crippen molar-refractivity contribution in [3.8, 4) is 23.0 Å². The zero-order chi connectivity index (χ0) is 23.0. The largest absolute Gasteiger partial charge is 0.455 e. The van der Waals surface area contributed by atoms with E-state index in [0.717, 1.165) is 45.7 Å². The van der Waals surface area contributed by atoms with Gasteiger partial charge in [-0.15, -0.1) is 0 Å². The molecule has 5 aromatic carbocycles. The predicted octanol–water partition coefficient (Wildman–Crippen LogP) is 8.76. The van der Waals surface area contributed by atoms with Crippen LogP contribution in [0.15, 0.2) is 133 Å². The average molecular weight is 445 g/mol. The number of ether oxygens (including phenoxy) is 2. The predicted molar refractivity (Wildman–Crippen MR) is 139 cm³/mol. The third kappa shape index (κ3) is 5.19. The Bertz CT molecular complexity index is 1250. The zero-order valence-electron chi connectivity index (χ0n) is 18.5. The maximum Gasteiger partial charge on any atom is 0.150 e. The summed E-state index contributed by atoms with van der Waals surface area (Å²) in [6.45, 7) is 0. The maximum atomic E-state index is 6.12. The first-order valence-electron chi connectivity index (χ1n) is 11.1. The van der Waals surface area contributed by atoms with Gasteiger partial charge in [0.2, 0.25) is 0 Å². The van der Waals surface area contributed by atoms with Crippen LogP contribution in [-0.2, 0) is 0 Å². The number of rotatable bonds is 8.